The quantitative estimate of drug-likeness (QED) is 0.750. The fourth-order valence-corrected chi connectivity index (χ4v) is 3.99. The summed E-state index contributed by atoms with van der Waals surface area (Å²) in [5.41, 5.74) is 1.37. The van der Waals surface area contributed by atoms with Gasteiger partial charge in [-0.3, -0.25) is 4.79 Å². The van der Waals surface area contributed by atoms with Gasteiger partial charge in [0.25, 0.3) is 5.56 Å². The molecule has 2 aromatic rings. The summed E-state index contributed by atoms with van der Waals surface area (Å²) in [7, 11) is 0. The van der Waals surface area contributed by atoms with Crippen LogP contribution in [0.5, 0.6) is 0 Å². The Morgan fingerprint density at radius 1 is 1.37 bits per heavy atom. The number of aryl methyl sites for hydroxylation is 1. The van der Waals surface area contributed by atoms with E-state index in [4.69, 9.17) is 0 Å². The van der Waals surface area contributed by atoms with E-state index in [0.717, 1.165) is 5.75 Å². The number of alkyl halides is 1. The summed E-state index contributed by atoms with van der Waals surface area (Å²) < 4.78 is 1.86. The van der Waals surface area contributed by atoms with E-state index in [9.17, 15) is 4.79 Å². The number of thioether (sulfide) groups is 1. The number of nitrogens with zero attached hydrogens (tertiary/aromatic N) is 3. The van der Waals surface area contributed by atoms with Crippen LogP contribution >= 0.6 is 27.7 Å². The first kappa shape index (κ1) is 12.9. The minimum atomic E-state index is -0.237. The molecule has 0 saturated heterocycles. The van der Waals surface area contributed by atoms with Gasteiger partial charge in [0.15, 0.2) is 5.16 Å². The molecule has 2 atom stereocenters. The van der Waals surface area contributed by atoms with Gasteiger partial charge in [0.2, 0.25) is 0 Å². The number of halogens is 1. The van der Waals surface area contributed by atoms with Gasteiger partial charge < -0.3 is 0 Å². The lowest BCUT2D eigenvalue weighted by molar-refractivity contribution is 0.434. The van der Waals surface area contributed by atoms with Gasteiger partial charge in [-0.2, -0.15) is 10.1 Å². The molecule has 0 spiro atoms. The largest absolute Gasteiger partial charge is 0.295 e. The number of hydrogen-bond donors (Lipinski definition) is 0. The molecule has 98 valence electrons. The summed E-state index contributed by atoms with van der Waals surface area (Å²) in [6.07, 6.45) is 0. The smallest absolute Gasteiger partial charge is 0.265 e. The Labute approximate surface area is 123 Å². The van der Waals surface area contributed by atoms with Crippen LogP contribution in [0.15, 0.2) is 40.3 Å². The van der Waals surface area contributed by atoms with Gasteiger partial charge in [0.1, 0.15) is 5.69 Å². The van der Waals surface area contributed by atoms with Crippen LogP contribution < -0.4 is 5.56 Å². The van der Waals surface area contributed by atoms with Crippen LogP contribution in [0.4, 0.5) is 0 Å². The zero-order chi connectivity index (χ0) is 13.4. The third-order valence-electron chi connectivity index (χ3n) is 3.08. The first-order valence-corrected chi connectivity index (χ1v) is 7.86. The van der Waals surface area contributed by atoms with Crippen LogP contribution in [0.2, 0.25) is 0 Å². The van der Waals surface area contributed by atoms with Crippen molar-refractivity contribution in [2.45, 2.75) is 22.9 Å². The molecular formula is C13H12BrN3OS. The average molecular weight is 338 g/mol. The van der Waals surface area contributed by atoms with Gasteiger partial charge in [0.05, 0.1) is 10.9 Å². The molecule has 19 heavy (non-hydrogen) atoms. The summed E-state index contributed by atoms with van der Waals surface area (Å²) in [5, 5.41) is 5.11. The molecule has 3 rings (SSSR count). The molecule has 1 aromatic heterocycles. The van der Waals surface area contributed by atoms with Crippen molar-refractivity contribution in [3.8, 4) is 0 Å². The third kappa shape index (κ3) is 2.34. The van der Waals surface area contributed by atoms with Gasteiger partial charge in [0, 0.05) is 5.75 Å². The fourth-order valence-electron chi connectivity index (χ4n) is 2.14. The van der Waals surface area contributed by atoms with Crippen molar-refractivity contribution in [2.24, 2.45) is 0 Å². The van der Waals surface area contributed by atoms with E-state index in [-0.39, 0.29) is 16.4 Å². The van der Waals surface area contributed by atoms with Crippen LogP contribution in [0.1, 0.15) is 17.3 Å². The van der Waals surface area contributed by atoms with Gasteiger partial charge in [-0.05, 0) is 12.5 Å². The summed E-state index contributed by atoms with van der Waals surface area (Å²) in [5.74, 6) is 0.872. The highest BCUT2D eigenvalue weighted by Gasteiger charge is 2.31. The number of hydrogen-bond acceptors (Lipinski definition) is 4. The normalized spacial score (nSPS) is 22.0. The average Bonchev–Trinajstić information content (AvgIpc) is 2.42. The van der Waals surface area contributed by atoms with Crippen molar-refractivity contribution in [1.29, 1.82) is 0 Å². The molecule has 0 radical (unpaired) electrons. The number of fused-ring (bicyclic) bond motifs is 1. The Kier molecular flexibility index (Phi) is 3.45. The molecule has 0 amide bonds. The Bertz CT molecular complexity index is 659. The maximum atomic E-state index is 11.6. The minimum absolute atomic E-state index is 0.0734. The van der Waals surface area contributed by atoms with E-state index in [1.807, 2.05) is 22.9 Å². The molecule has 6 heteroatoms. The first-order chi connectivity index (χ1) is 9.16. The summed E-state index contributed by atoms with van der Waals surface area (Å²) in [6.45, 7) is 1.70. The maximum Gasteiger partial charge on any atom is 0.295 e. The number of aromatic nitrogens is 3. The molecule has 1 aromatic carbocycles. The molecule has 4 nitrogen and oxygen atoms in total. The minimum Gasteiger partial charge on any atom is -0.265 e. The fraction of sp³-hybridized carbons (Fsp3) is 0.308. The van der Waals surface area contributed by atoms with Crippen LogP contribution in [-0.4, -0.2) is 25.3 Å². The van der Waals surface area contributed by atoms with Gasteiger partial charge >= 0.3 is 0 Å². The van der Waals surface area contributed by atoms with Crippen molar-refractivity contribution in [2.75, 3.05) is 5.75 Å². The standard InChI is InChI=1S/C13H12BrN3OS/c1-8-12(18)15-13-17(16-8)11(10(14)7-19-13)9-5-3-2-4-6-9/h2-6,10-11H,7H2,1H3/t10-,11+/m0/s1. The Morgan fingerprint density at radius 2 is 2.11 bits per heavy atom. The zero-order valence-corrected chi connectivity index (χ0v) is 12.7. The highest BCUT2D eigenvalue weighted by atomic mass is 79.9. The van der Waals surface area contributed by atoms with E-state index in [0.29, 0.717) is 10.9 Å². The molecule has 0 N–H and O–H groups in total. The molecule has 0 fully saturated rings. The molecule has 0 bridgehead atoms. The van der Waals surface area contributed by atoms with Crippen molar-refractivity contribution in [3.63, 3.8) is 0 Å². The summed E-state index contributed by atoms with van der Waals surface area (Å²) >= 11 is 5.28. The van der Waals surface area contributed by atoms with Crippen LogP contribution in [0, 0.1) is 6.92 Å². The predicted octanol–water partition coefficient (Wildman–Crippen LogP) is 2.41. The number of rotatable bonds is 1. The molecular weight excluding hydrogens is 326 g/mol. The molecule has 2 heterocycles. The van der Waals surface area contributed by atoms with E-state index in [1.54, 1.807) is 18.7 Å². The molecule has 0 aliphatic carbocycles. The van der Waals surface area contributed by atoms with Gasteiger partial charge in [-0.15, -0.1) is 0 Å². The van der Waals surface area contributed by atoms with Crippen LogP contribution in [0.3, 0.4) is 0 Å². The third-order valence-corrected chi connectivity index (χ3v) is 5.39. The molecule has 0 saturated carbocycles. The van der Waals surface area contributed by atoms with Crippen LogP contribution in [0.25, 0.3) is 0 Å². The Balaban J connectivity index is 2.17. The Morgan fingerprint density at radius 3 is 2.84 bits per heavy atom. The van der Waals surface area contributed by atoms with E-state index in [2.05, 4.69) is 38.1 Å². The lowest BCUT2D eigenvalue weighted by Crippen LogP contribution is -2.33. The zero-order valence-electron chi connectivity index (χ0n) is 10.3. The topological polar surface area (TPSA) is 47.8 Å². The first-order valence-electron chi connectivity index (χ1n) is 5.96. The summed E-state index contributed by atoms with van der Waals surface area (Å²) in [6, 6.07) is 10.2. The summed E-state index contributed by atoms with van der Waals surface area (Å²) in [4.78, 5) is 16.0. The number of benzene rings is 1. The second-order valence-electron chi connectivity index (χ2n) is 4.41. The predicted molar refractivity (Wildman–Crippen MR) is 79.0 cm³/mol. The highest BCUT2D eigenvalue weighted by Crippen LogP contribution is 2.36. The monoisotopic (exact) mass is 337 g/mol. The lowest BCUT2D eigenvalue weighted by atomic mass is 10.0. The van der Waals surface area contributed by atoms with Gasteiger partial charge in [-0.1, -0.05) is 58.0 Å². The highest BCUT2D eigenvalue weighted by molar-refractivity contribution is 9.09. The molecule has 1 aliphatic rings. The van der Waals surface area contributed by atoms with Crippen molar-refractivity contribution < 1.29 is 0 Å². The maximum absolute atomic E-state index is 11.6. The van der Waals surface area contributed by atoms with Crippen molar-refractivity contribution in [1.82, 2.24) is 14.8 Å². The Hall–Kier alpha value is -1.14. The van der Waals surface area contributed by atoms with E-state index >= 15 is 0 Å². The SMILES string of the molecule is Cc1nn2c(nc1=O)SC[C@H](Br)[C@H]2c1ccccc1. The second kappa shape index (κ2) is 5.09. The van der Waals surface area contributed by atoms with Crippen molar-refractivity contribution in [3.05, 3.63) is 51.9 Å². The molecule has 1 aliphatic heterocycles. The van der Waals surface area contributed by atoms with Gasteiger partial charge in [-0.25, -0.2) is 4.68 Å². The lowest BCUT2D eigenvalue weighted by Gasteiger charge is -2.30. The van der Waals surface area contributed by atoms with E-state index in [1.165, 1.54) is 5.56 Å². The van der Waals surface area contributed by atoms with Crippen LogP contribution in [-0.2, 0) is 0 Å². The van der Waals surface area contributed by atoms with Crippen molar-refractivity contribution >= 4 is 27.7 Å². The second-order valence-corrected chi connectivity index (χ2v) is 6.58. The molecule has 0 unspecified atom stereocenters. The van der Waals surface area contributed by atoms with E-state index < -0.39 is 0 Å².